The van der Waals surface area contributed by atoms with E-state index >= 15 is 0 Å². The first-order valence-corrected chi connectivity index (χ1v) is 6.41. The Morgan fingerprint density at radius 2 is 1.71 bits per heavy atom. The smallest absolute Gasteiger partial charge is 0.236 e. The normalized spacial score (nSPS) is 20.5. The van der Waals surface area contributed by atoms with E-state index in [0.29, 0.717) is 32.7 Å². The summed E-state index contributed by atoms with van der Waals surface area (Å²) in [7, 11) is 0. The van der Waals surface area contributed by atoms with Crippen LogP contribution in [-0.2, 0) is 9.59 Å². The molecule has 96 valence electrons. The monoisotopic (exact) mass is 239 g/mol. The van der Waals surface area contributed by atoms with Crippen molar-refractivity contribution in [3.8, 4) is 0 Å². The molecule has 0 atom stereocenters. The molecule has 2 aliphatic rings. The Morgan fingerprint density at radius 3 is 2.24 bits per heavy atom. The summed E-state index contributed by atoms with van der Waals surface area (Å²) in [6.45, 7) is 5.67. The summed E-state index contributed by atoms with van der Waals surface area (Å²) in [5.41, 5.74) is 0. The molecule has 2 amide bonds. The Kier molecular flexibility index (Phi) is 3.99. The molecule has 1 N–H and O–H groups in total. The molecule has 1 heterocycles. The van der Waals surface area contributed by atoms with Gasteiger partial charge in [0, 0.05) is 33.1 Å². The van der Waals surface area contributed by atoms with Gasteiger partial charge in [-0.2, -0.15) is 0 Å². The Labute approximate surface area is 102 Å². The summed E-state index contributed by atoms with van der Waals surface area (Å²) in [6, 6.07) is 0. The summed E-state index contributed by atoms with van der Waals surface area (Å²) in [4.78, 5) is 26.6. The number of nitrogens with zero attached hydrogens (tertiary/aromatic N) is 2. The van der Waals surface area contributed by atoms with Gasteiger partial charge in [0.15, 0.2) is 0 Å². The molecule has 0 bridgehead atoms. The number of piperazine rings is 1. The highest BCUT2D eigenvalue weighted by Gasteiger charge is 2.23. The minimum atomic E-state index is 0.101. The first-order chi connectivity index (χ1) is 8.16. The third-order valence-electron chi connectivity index (χ3n) is 3.48. The molecular formula is C12H21N3O2. The van der Waals surface area contributed by atoms with Crippen molar-refractivity contribution < 1.29 is 9.59 Å². The van der Waals surface area contributed by atoms with Crippen molar-refractivity contribution in [3.63, 3.8) is 0 Å². The fourth-order valence-electron chi connectivity index (χ4n) is 2.09. The lowest BCUT2D eigenvalue weighted by Gasteiger charge is -2.34. The average molecular weight is 239 g/mol. The van der Waals surface area contributed by atoms with Gasteiger partial charge < -0.3 is 15.1 Å². The van der Waals surface area contributed by atoms with E-state index in [-0.39, 0.29) is 11.8 Å². The SMILES string of the molecule is CC(=O)N1CCN(C(=O)CNCC2CC2)CC1. The molecule has 0 unspecified atom stereocenters. The van der Waals surface area contributed by atoms with Gasteiger partial charge in [-0.05, 0) is 25.3 Å². The third-order valence-corrected chi connectivity index (χ3v) is 3.48. The number of hydrogen-bond donors (Lipinski definition) is 1. The summed E-state index contributed by atoms with van der Waals surface area (Å²) < 4.78 is 0. The Balaban J connectivity index is 1.64. The molecule has 17 heavy (non-hydrogen) atoms. The highest BCUT2D eigenvalue weighted by atomic mass is 16.2. The van der Waals surface area contributed by atoms with Crippen molar-refractivity contribution in [1.82, 2.24) is 15.1 Å². The molecule has 0 spiro atoms. The van der Waals surface area contributed by atoms with E-state index in [1.54, 1.807) is 11.8 Å². The van der Waals surface area contributed by atoms with Crippen LogP contribution in [0.3, 0.4) is 0 Å². The molecule has 0 aromatic rings. The van der Waals surface area contributed by atoms with E-state index in [1.165, 1.54) is 12.8 Å². The number of carbonyl (C=O) groups is 2. The number of amides is 2. The predicted octanol–water partition coefficient (Wildman–Crippen LogP) is -0.323. The van der Waals surface area contributed by atoms with Crippen LogP contribution in [0.15, 0.2) is 0 Å². The van der Waals surface area contributed by atoms with Crippen LogP contribution in [0.25, 0.3) is 0 Å². The number of hydrogen-bond acceptors (Lipinski definition) is 3. The van der Waals surface area contributed by atoms with Crippen LogP contribution in [0.2, 0.25) is 0 Å². The van der Waals surface area contributed by atoms with Crippen molar-refractivity contribution in [1.29, 1.82) is 0 Å². The molecule has 5 nitrogen and oxygen atoms in total. The Morgan fingerprint density at radius 1 is 1.12 bits per heavy atom. The van der Waals surface area contributed by atoms with Crippen molar-refractivity contribution in [2.45, 2.75) is 19.8 Å². The van der Waals surface area contributed by atoms with Crippen LogP contribution >= 0.6 is 0 Å². The van der Waals surface area contributed by atoms with Gasteiger partial charge in [-0.25, -0.2) is 0 Å². The van der Waals surface area contributed by atoms with Gasteiger partial charge in [0.05, 0.1) is 6.54 Å². The van der Waals surface area contributed by atoms with Crippen molar-refractivity contribution in [2.24, 2.45) is 5.92 Å². The zero-order valence-electron chi connectivity index (χ0n) is 10.4. The number of carbonyl (C=O) groups excluding carboxylic acids is 2. The fraction of sp³-hybridized carbons (Fsp3) is 0.833. The lowest BCUT2D eigenvalue weighted by Crippen LogP contribution is -2.51. The minimum Gasteiger partial charge on any atom is -0.339 e. The molecule has 1 saturated carbocycles. The zero-order chi connectivity index (χ0) is 12.3. The lowest BCUT2D eigenvalue weighted by atomic mass is 10.3. The second-order valence-corrected chi connectivity index (χ2v) is 4.96. The van der Waals surface area contributed by atoms with Gasteiger partial charge in [0.1, 0.15) is 0 Å². The van der Waals surface area contributed by atoms with Crippen molar-refractivity contribution in [2.75, 3.05) is 39.3 Å². The Hall–Kier alpha value is -1.10. The molecule has 0 aromatic heterocycles. The topological polar surface area (TPSA) is 52.7 Å². The van der Waals surface area contributed by atoms with Crippen LogP contribution in [0.1, 0.15) is 19.8 Å². The van der Waals surface area contributed by atoms with Gasteiger partial charge in [-0.15, -0.1) is 0 Å². The Bertz CT molecular complexity index is 294. The van der Waals surface area contributed by atoms with Crippen LogP contribution in [-0.4, -0.2) is 60.9 Å². The van der Waals surface area contributed by atoms with E-state index in [4.69, 9.17) is 0 Å². The molecular weight excluding hydrogens is 218 g/mol. The summed E-state index contributed by atoms with van der Waals surface area (Å²) >= 11 is 0. The quantitative estimate of drug-likeness (QED) is 0.731. The molecule has 5 heteroatoms. The van der Waals surface area contributed by atoms with Crippen LogP contribution < -0.4 is 5.32 Å². The van der Waals surface area contributed by atoms with E-state index in [2.05, 4.69) is 5.32 Å². The highest BCUT2D eigenvalue weighted by Crippen LogP contribution is 2.27. The van der Waals surface area contributed by atoms with Crippen molar-refractivity contribution in [3.05, 3.63) is 0 Å². The highest BCUT2D eigenvalue weighted by molar-refractivity contribution is 5.79. The molecule has 0 aromatic carbocycles. The molecule has 0 radical (unpaired) electrons. The second-order valence-electron chi connectivity index (χ2n) is 4.96. The number of nitrogens with one attached hydrogen (secondary N) is 1. The summed E-state index contributed by atoms with van der Waals surface area (Å²) in [5, 5.41) is 3.21. The van der Waals surface area contributed by atoms with Crippen LogP contribution in [0.4, 0.5) is 0 Å². The van der Waals surface area contributed by atoms with Gasteiger partial charge in [0.2, 0.25) is 11.8 Å². The largest absolute Gasteiger partial charge is 0.339 e. The predicted molar refractivity (Wildman–Crippen MR) is 64.4 cm³/mol. The average Bonchev–Trinajstić information content (AvgIpc) is 3.13. The minimum absolute atomic E-state index is 0.101. The first-order valence-electron chi connectivity index (χ1n) is 6.41. The standard InChI is InChI=1S/C12H21N3O2/c1-10(16)14-4-6-15(7-5-14)12(17)9-13-8-11-2-3-11/h11,13H,2-9H2,1H3. The van der Waals surface area contributed by atoms with Gasteiger partial charge >= 0.3 is 0 Å². The van der Waals surface area contributed by atoms with Crippen LogP contribution in [0.5, 0.6) is 0 Å². The van der Waals surface area contributed by atoms with Gasteiger partial charge in [-0.1, -0.05) is 0 Å². The van der Waals surface area contributed by atoms with E-state index < -0.39 is 0 Å². The van der Waals surface area contributed by atoms with E-state index in [9.17, 15) is 9.59 Å². The maximum Gasteiger partial charge on any atom is 0.236 e. The third kappa shape index (κ3) is 3.70. The fourth-order valence-corrected chi connectivity index (χ4v) is 2.09. The van der Waals surface area contributed by atoms with Gasteiger partial charge in [0.25, 0.3) is 0 Å². The van der Waals surface area contributed by atoms with E-state index in [0.717, 1.165) is 12.5 Å². The first kappa shape index (κ1) is 12.4. The van der Waals surface area contributed by atoms with Crippen molar-refractivity contribution >= 4 is 11.8 Å². The second kappa shape index (κ2) is 5.49. The van der Waals surface area contributed by atoms with Crippen LogP contribution in [0, 0.1) is 5.92 Å². The maximum absolute atomic E-state index is 11.8. The van der Waals surface area contributed by atoms with E-state index in [1.807, 2.05) is 4.90 Å². The molecule has 2 rings (SSSR count). The summed E-state index contributed by atoms with van der Waals surface area (Å²) in [6.07, 6.45) is 2.61. The molecule has 1 saturated heterocycles. The molecule has 2 fully saturated rings. The molecule has 1 aliphatic heterocycles. The zero-order valence-corrected chi connectivity index (χ0v) is 10.4. The maximum atomic E-state index is 11.8. The number of rotatable bonds is 4. The van der Waals surface area contributed by atoms with Gasteiger partial charge in [-0.3, -0.25) is 9.59 Å². The lowest BCUT2D eigenvalue weighted by molar-refractivity contribution is -0.137. The summed E-state index contributed by atoms with van der Waals surface area (Å²) in [5.74, 6) is 1.06. The molecule has 1 aliphatic carbocycles.